The molecule has 2 rings (SSSR count). The fraction of sp³-hybridized carbons (Fsp3) is 0.923. The molecule has 2 N–H and O–H groups in total. The average molecular weight is 256 g/mol. The Morgan fingerprint density at radius 2 is 2.06 bits per heavy atom. The predicted molar refractivity (Wildman–Crippen MR) is 68.4 cm³/mol. The summed E-state index contributed by atoms with van der Waals surface area (Å²) in [5.41, 5.74) is -1.09. The highest BCUT2D eigenvalue weighted by molar-refractivity contribution is 5.69. The first kappa shape index (κ1) is 13.6. The van der Waals surface area contributed by atoms with E-state index in [1.165, 1.54) is 0 Å². The molecule has 0 radical (unpaired) electrons. The second kappa shape index (κ2) is 4.70. The molecule has 0 atom stereocenters. The molecule has 2 aliphatic rings. The van der Waals surface area contributed by atoms with Gasteiger partial charge in [-0.3, -0.25) is 0 Å². The third-order valence-corrected chi connectivity index (χ3v) is 3.34. The molecule has 1 heterocycles. The van der Waals surface area contributed by atoms with E-state index in [1.807, 2.05) is 20.8 Å². The van der Waals surface area contributed by atoms with Crippen LogP contribution in [0.4, 0.5) is 4.79 Å². The number of nitrogens with zero attached hydrogens (tertiary/aromatic N) is 1. The zero-order chi connectivity index (χ0) is 13.4. The lowest BCUT2D eigenvalue weighted by Crippen LogP contribution is -2.60. The van der Waals surface area contributed by atoms with Gasteiger partial charge in [0.2, 0.25) is 0 Å². The summed E-state index contributed by atoms with van der Waals surface area (Å²) in [6.45, 7) is 7.45. The van der Waals surface area contributed by atoms with Gasteiger partial charge in [-0.25, -0.2) is 4.79 Å². The topological polar surface area (TPSA) is 61.8 Å². The van der Waals surface area contributed by atoms with E-state index in [2.05, 4.69) is 5.32 Å². The first-order chi connectivity index (χ1) is 8.29. The van der Waals surface area contributed by atoms with Crippen LogP contribution in [0.1, 0.15) is 40.0 Å². The van der Waals surface area contributed by atoms with Crippen LogP contribution in [-0.2, 0) is 4.74 Å². The van der Waals surface area contributed by atoms with Crippen molar-refractivity contribution in [3.63, 3.8) is 0 Å². The Kier molecular flexibility index (Phi) is 3.56. The Morgan fingerprint density at radius 3 is 2.44 bits per heavy atom. The Balaban J connectivity index is 1.85. The maximum atomic E-state index is 12.1. The van der Waals surface area contributed by atoms with Gasteiger partial charge in [-0.05, 0) is 40.0 Å². The third-order valence-electron chi connectivity index (χ3n) is 3.34. The van der Waals surface area contributed by atoms with Crippen molar-refractivity contribution in [2.24, 2.45) is 0 Å². The fourth-order valence-electron chi connectivity index (χ4n) is 2.05. The Labute approximate surface area is 108 Å². The average Bonchev–Trinajstić information content (AvgIpc) is 2.96. The van der Waals surface area contributed by atoms with Crippen LogP contribution in [0.3, 0.4) is 0 Å². The Hall–Kier alpha value is -0.810. The zero-order valence-corrected chi connectivity index (χ0v) is 11.5. The molecule has 0 aromatic rings. The van der Waals surface area contributed by atoms with Crippen LogP contribution < -0.4 is 5.32 Å². The predicted octanol–water partition coefficient (Wildman–Crippen LogP) is 1.11. The summed E-state index contributed by atoms with van der Waals surface area (Å²) >= 11 is 0. The SMILES string of the molecule is CC(C)(C)OC(=O)N(CCC1(O)CNC1)C1CC1. The van der Waals surface area contributed by atoms with E-state index in [1.54, 1.807) is 4.90 Å². The van der Waals surface area contributed by atoms with Gasteiger partial charge in [0.05, 0.1) is 5.60 Å². The largest absolute Gasteiger partial charge is 0.444 e. The molecule has 0 unspecified atom stereocenters. The minimum Gasteiger partial charge on any atom is -0.444 e. The van der Waals surface area contributed by atoms with E-state index in [-0.39, 0.29) is 6.09 Å². The normalized spacial score (nSPS) is 22.2. The van der Waals surface area contributed by atoms with Gasteiger partial charge in [0, 0.05) is 25.7 Å². The molecule has 2 fully saturated rings. The molecular formula is C13H24N2O3. The van der Waals surface area contributed by atoms with E-state index in [4.69, 9.17) is 4.74 Å². The molecule has 0 aromatic heterocycles. The van der Waals surface area contributed by atoms with Crippen molar-refractivity contribution in [1.29, 1.82) is 0 Å². The number of ether oxygens (including phenoxy) is 1. The number of rotatable bonds is 4. The van der Waals surface area contributed by atoms with Gasteiger partial charge >= 0.3 is 6.09 Å². The first-order valence-corrected chi connectivity index (χ1v) is 6.72. The van der Waals surface area contributed by atoms with Gasteiger partial charge in [0.15, 0.2) is 0 Å². The number of hydrogen-bond acceptors (Lipinski definition) is 4. The van der Waals surface area contributed by atoms with Gasteiger partial charge in [0.25, 0.3) is 0 Å². The van der Waals surface area contributed by atoms with Gasteiger partial charge in [-0.15, -0.1) is 0 Å². The van der Waals surface area contributed by atoms with Crippen LogP contribution in [0.2, 0.25) is 0 Å². The van der Waals surface area contributed by atoms with E-state index in [9.17, 15) is 9.90 Å². The number of β-amino-alcohol motifs (C(OH)–C–C–N with tert-alkyl or cyclic N) is 1. The molecule has 0 spiro atoms. The molecule has 0 aromatic carbocycles. The maximum Gasteiger partial charge on any atom is 0.410 e. The fourth-order valence-corrected chi connectivity index (χ4v) is 2.05. The third kappa shape index (κ3) is 3.59. The van der Waals surface area contributed by atoms with Crippen LogP contribution in [0.25, 0.3) is 0 Å². The summed E-state index contributed by atoms with van der Waals surface area (Å²) in [5.74, 6) is 0. The summed E-state index contributed by atoms with van der Waals surface area (Å²) in [7, 11) is 0. The van der Waals surface area contributed by atoms with Crippen molar-refractivity contribution >= 4 is 6.09 Å². The van der Waals surface area contributed by atoms with Crippen LogP contribution in [0.15, 0.2) is 0 Å². The number of amides is 1. The van der Waals surface area contributed by atoms with E-state index in [0.29, 0.717) is 32.1 Å². The van der Waals surface area contributed by atoms with E-state index in [0.717, 1.165) is 12.8 Å². The number of nitrogens with one attached hydrogen (secondary N) is 1. The van der Waals surface area contributed by atoms with Gasteiger partial charge in [-0.1, -0.05) is 0 Å². The van der Waals surface area contributed by atoms with Crippen LogP contribution in [-0.4, -0.2) is 53.0 Å². The van der Waals surface area contributed by atoms with Gasteiger partial charge < -0.3 is 20.1 Å². The van der Waals surface area contributed by atoms with Gasteiger partial charge in [-0.2, -0.15) is 0 Å². The molecule has 1 saturated heterocycles. The molecule has 0 bridgehead atoms. The minimum absolute atomic E-state index is 0.249. The number of carbonyl (C=O) groups is 1. The summed E-state index contributed by atoms with van der Waals surface area (Å²) in [5, 5.41) is 13.1. The van der Waals surface area contributed by atoms with Crippen molar-refractivity contribution in [2.75, 3.05) is 19.6 Å². The van der Waals surface area contributed by atoms with Gasteiger partial charge in [0.1, 0.15) is 5.60 Å². The van der Waals surface area contributed by atoms with Crippen LogP contribution >= 0.6 is 0 Å². The smallest absolute Gasteiger partial charge is 0.410 e. The zero-order valence-electron chi connectivity index (χ0n) is 11.5. The number of hydrogen-bond donors (Lipinski definition) is 2. The lowest BCUT2D eigenvalue weighted by molar-refractivity contribution is -0.0284. The molecule has 1 aliphatic carbocycles. The number of aliphatic hydroxyl groups is 1. The lowest BCUT2D eigenvalue weighted by atomic mass is 9.93. The van der Waals surface area contributed by atoms with Crippen molar-refractivity contribution in [3.8, 4) is 0 Å². The molecule has 18 heavy (non-hydrogen) atoms. The summed E-state index contributed by atoms with van der Waals surface area (Å²) < 4.78 is 5.41. The van der Waals surface area contributed by atoms with Crippen molar-refractivity contribution < 1.29 is 14.6 Å². The van der Waals surface area contributed by atoms with Crippen molar-refractivity contribution in [2.45, 2.75) is 57.3 Å². The highest BCUT2D eigenvalue weighted by atomic mass is 16.6. The Morgan fingerprint density at radius 1 is 1.44 bits per heavy atom. The maximum absolute atomic E-state index is 12.1. The quantitative estimate of drug-likeness (QED) is 0.791. The first-order valence-electron chi connectivity index (χ1n) is 6.72. The summed E-state index contributed by atoms with van der Waals surface area (Å²) in [6.07, 6.45) is 2.47. The van der Waals surface area contributed by atoms with E-state index < -0.39 is 11.2 Å². The summed E-state index contributed by atoms with van der Waals surface area (Å²) in [4.78, 5) is 13.8. The Bertz CT molecular complexity index is 317. The molecule has 1 aliphatic heterocycles. The van der Waals surface area contributed by atoms with Crippen molar-refractivity contribution in [3.05, 3.63) is 0 Å². The standard InChI is InChI=1S/C13H24N2O3/c1-12(2,3)18-11(16)15(10-4-5-10)7-6-13(17)8-14-9-13/h10,14,17H,4-9H2,1-3H3. The van der Waals surface area contributed by atoms with Crippen molar-refractivity contribution in [1.82, 2.24) is 10.2 Å². The van der Waals surface area contributed by atoms with Crippen LogP contribution in [0.5, 0.6) is 0 Å². The highest BCUT2D eigenvalue weighted by Crippen LogP contribution is 2.29. The highest BCUT2D eigenvalue weighted by Gasteiger charge is 2.39. The minimum atomic E-state index is -0.630. The molecule has 1 saturated carbocycles. The molecular weight excluding hydrogens is 232 g/mol. The van der Waals surface area contributed by atoms with E-state index >= 15 is 0 Å². The molecule has 1 amide bonds. The second-order valence-electron chi connectivity index (χ2n) is 6.48. The van der Waals surface area contributed by atoms with Crippen LogP contribution in [0, 0.1) is 0 Å². The molecule has 5 nitrogen and oxygen atoms in total. The summed E-state index contributed by atoms with van der Waals surface area (Å²) in [6, 6.07) is 0.316. The lowest BCUT2D eigenvalue weighted by Gasteiger charge is -2.39. The molecule has 104 valence electrons. The number of carbonyl (C=O) groups excluding carboxylic acids is 1. The molecule has 5 heteroatoms. The monoisotopic (exact) mass is 256 g/mol. The second-order valence-corrected chi connectivity index (χ2v) is 6.48.